The van der Waals surface area contributed by atoms with Gasteiger partial charge in [-0.15, -0.1) is 0 Å². The zero-order valence-electron chi connectivity index (χ0n) is 20.2. The first-order valence-electron chi connectivity index (χ1n) is 11.9. The fraction of sp³-hybridized carbons (Fsp3) is 0.194. The minimum atomic E-state index is -0.0957. The van der Waals surface area contributed by atoms with Crippen LogP contribution in [-0.4, -0.2) is 19.1 Å². The molecular formula is C31H31NO3. The average Bonchev–Trinajstić information content (AvgIpc) is 2.92. The highest BCUT2D eigenvalue weighted by atomic mass is 16.5. The van der Waals surface area contributed by atoms with Gasteiger partial charge in [-0.2, -0.15) is 0 Å². The molecule has 1 amide bonds. The summed E-state index contributed by atoms with van der Waals surface area (Å²) in [6, 6.07) is 34.1. The van der Waals surface area contributed by atoms with Crippen molar-refractivity contribution in [2.45, 2.75) is 32.4 Å². The Hall–Kier alpha value is -4.05. The molecule has 4 aromatic rings. The van der Waals surface area contributed by atoms with Gasteiger partial charge in [0, 0.05) is 17.2 Å². The van der Waals surface area contributed by atoms with Crippen molar-refractivity contribution in [3.8, 4) is 22.6 Å². The van der Waals surface area contributed by atoms with E-state index in [0.29, 0.717) is 17.9 Å². The van der Waals surface area contributed by atoms with Crippen LogP contribution in [0, 0.1) is 0 Å². The van der Waals surface area contributed by atoms with Crippen LogP contribution in [0.1, 0.15) is 34.8 Å². The third kappa shape index (κ3) is 6.73. The molecule has 4 aromatic carbocycles. The molecule has 1 atom stereocenters. The van der Waals surface area contributed by atoms with E-state index < -0.39 is 0 Å². The number of benzene rings is 4. The second-order valence-corrected chi connectivity index (χ2v) is 8.60. The molecule has 35 heavy (non-hydrogen) atoms. The van der Waals surface area contributed by atoms with Crippen LogP contribution in [0.4, 0.5) is 0 Å². The van der Waals surface area contributed by atoms with Gasteiger partial charge in [-0.25, -0.2) is 0 Å². The maximum absolute atomic E-state index is 12.9. The van der Waals surface area contributed by atoms with Gasteiger partial charge in [-0.05, 0) is 66.8 Å². The summed E-state index contributed by atoms with van der Waals surface area (Å²) in [6.07, 6.45) is 1.80. The molecule has 0 heterocycles. The number of carbonyl (C=O) groups is 1. The van der Waals surface area contributed by atoms with E-state index in [-0.39, 0.29) is 11.9 Å². The lowest BCUT2D eigenvalue weighted by Gasteiger charge is -2.16. The number of methoxy groups -OCH3 is 1. The SMILES string of the molecule is COc1ccc(C(=O)N[C@H](C)CCc2ccccc2)cc1COc1ccc(-c2ccccc2)cc1. The molecule has 4 rings (SSSR count). The van der Waals surface area contributed by atoms with Crippen molar-refractivity contribution in [3.05, 3.63) is 120 Å². The smallest absolute Gasteiger partial charge is 0.251 e. The lowest BCUT2D eigenvalue weighted by molar-refractivity contribution is 0.0938. The zero-order valence-corrected chi connectivity index (χ0v) is 20.2. The quantitative estimate of drug-likeness (QED) is 0.284. The minimum Gasteiger partial charge on any atom is -0.496 e. The molecule has 1 N–H and O–H groups in total. The van der Waals surface area contributed by atoms with Crippen LogP contribution >= 0.6 is 0 Å². The molecule has 0 fully saturated rings. The van der Waals surface area contributed by atoms with Gasteiger partial charge in [0.25, 0.3) is 5.91 Å². The van der Waals surface area contributed by atoms with E-state index in [2.05, 4.69) is 29.6 Å². The van der Waals surface area contributed by atoms with Crippen LogP contribution in [0.5, 0.6) is 11.5 Å². The van der Waals surface area contributed by atoms with Crippen LogP contribution < -0.4 is 14.8 Å². The molecule has 0 aliphatic heterocycles. The van der Waals surface area contributed by atoms with Crippen molar-refractivity contribution in [2.75, 3.05) is 7.11 Å². The number of nitrogens with one attached hydrogen (secondary N) is 1. The van der Waals surface area contributed by atoms with Crippen LogP contribution in [0.2, 0.25) is 0 Å². The van der Waals surface area contributed by atoms with Crippen LogP contribution in [0.25, 0.3) is 11.1 Å². The van der Waals surface area contributed by atoms with Crippen LogP contribution in [0.3, 0.4) is 0 Å². The summed E-state index contributed by atoms with van der Waals surface area (Å²) in [4.78, 5) is 12.9. The normalized spacial score (nSPS) is 11.5. The van der Waals surface area contributed by atoms with Gasteiger partial charge in [0.1, 0.15) is 18.1 Å². The number of carbonyl (C=O) groups excluding carboxylic acids is 1. The Balaban J connectivity index is 1.36. The third-order valence-electron chi connectivity index (χ3n) is 5.98. The molecule has 0 saturated carbocycles. The molecule has 0 aliphatic carbocycles. The van der Waals surface area contributed by atoms with E-state index >= 15 is 0 Å². The molecule has 0 unspecified atom stereocenters. The molecule has 4 nitrogen and oxygen atoms in total. The summed E-state index contributed by atoms with van der Waals surface area (Å²) in [5, 5.41) is 3.11. The van der Waals surface area contributed by atoms with Crippen molar-refractivity contribution >= 4 is 5.91 Å². The number of ether oxygens (including phenoxy) is 2. The molecule has 0 spiro atoms. The standard InChI is InChI=1S/C31H31NO3/c1-23(13-14-24-9-5-3-6-10-24)32-31(33)27-17-20-30(34-2)28(21-27)22-35-29-18-15-26(16-19-29)25-11-7-4-8-12-25/h3-12,15-21,23H,13-14,22H2,1-2H3,(H,32,33)/t23-/m1/s1. The highest BCUT2D eigenvalue weighted by Gasteiger charge is 2.13. The van der Waals surface area contributed by atoms with Crippen LogP contribution in [-0.2, 0) is 13.0 Å². The molecule has 0 aromatic heterocycles. The summed E-state index contributed by atoms with van der Waals surface area (Å²) in [7, 11) is 1.62. The maximum Gasteiger partial charge on any atom is 0.251 e. The number of rotatable bonds is 10. The monoisotopic (exact) mass is 465 g/mol. The Morgan fingerprint density at radius 2 is 1.49 bits per heavy atom. The first kappa shape index (κ1) is 24.1. The van der Waals surface area contributed by atoms with Gasteiger partial charge >= 0.3 is 0 Å². The molecule has 0 saturated heterocycles. The van der Waals surface area contributed by atoms with Gasteiger partial charge in [0.15, 0.2) is 0 Å². The van der Waals surface area contributed by atoms with E-state index in [1.807, 2.05) is 79.7 Å². The van der Waals surface area contributed by atoms with Gasteiger partial charge in [0.2, 0.25) is 0 Å². The fourth-order valence-corrected chi connectivity index (χ4v) is 3.98. The van der Waals surface area contributed by atoms with Crippen molar-refractivity contribution in [1.82, 2.24) is 5.32 Å². The van der Waals surface area contributed by atoms with Gasteiger partial charge in [-0.3, -0.25) is 4.79 Å². The molecular weight excluding hydrogens is 434 g/mol. The second kappa shape index (κ2) is 11.9. The Morgan fingerprint density at radius 1 is 0.829 bits per heavy atom. The molecule has 0 aliphatic rings. The largest absolute Gasteiger partial charge is 0.496 e. The van der Waals surface area contributed by atoms with Crippen molar-refractivity contribution in [2.24, 2.45) is 0 Å². The predicted molar refractivity (Wildman–Crippen MR) is 141 cm³/mol. The van der Waals surface area contributed by atoms with E-state index in [1.165, 1.54) is 5.56 Å². The lowest BCUT2D eigenvalue weighted by Crippen LogP contribution is -2.33. The van der Waals surface area contributed by atoms with Crippen molar-refractivity contribution in [1.29, 1.82) is 0 Å². The second-order valence-electron chi connectivity index (χ2n) is 8.60. The molecule has 0 bridgehead atoms. The number of aryl methyl sites for hydroxylation is 1. The Morgan fingerprint density at radius 3 is 2.17 bits per heavy atom. The van der Waals surface area contributed by atoms with Crippen LogP contribution in [0.15, 0.2) is 103 Å². The topological polar surface area (TPSA) is 47.6 Å². The van der Waals surface area contributed by atoms with E-state index in [1.54, 1.807) is 13.2 Å². The van der Waals surface area contributed by atoms with E-state index in [9.17, 15) is 4.79 Å². The summed E-state index contributed by atoms with van der Waals surface area (Å²) >= 11 is 0. The van der Waals surface area contributed by atoms with Crippen molar-refractivity contribution < 1.29 is 14.3 Å². The Bertz CT molecular complexity index is 1220. The maximum atomic E-state index is 12.9. The molecule has 0 radical (unpaired) electrons. The first-order chi connectivity index (χ1) is 17.1. The Labute approximate surface area is 207 Å². The highest BCUT2D eigenvalue weighted by Crippen LogP contribution is 2.25. The summed E-state index contributed by atoms with van der Waals surface area (Å²) in [6.45, 7) is 2.34. The number of amides is 1. The first-order valence-corrected chi connectivity index (χ1v) is 11.9. The van der Waals surface area contributed by atoms with Gasteiger partial charge in [-0.1, -0.05) is 72.8 Å². The number of hydrogen-bond acceptors (Lipinski definition) is 3. The fourth-order valence-electron chi connectivity index (χ4n) is 3.98. The van der Waals surface area contributed by atoms with E-state index in [0.717, 1.165) is 35.3 Å². The summed E-state index contributed by atoms with van der Waals surface area (Å²) < 4.78 is 11.5. The van der Waals surface area contributed by atoms with Gasteiger partial charge in [0.05, 0.1) is 7.11 Å². The summed E-state index contributed by atoms with van der Waals surface area (Å²) in [5.74, 6) is 1.36. The average molecular weight is 466 g/mol. The predicted octanol–water partition coefficient (Wildman–Crippen LogP) is 6.69. The third-order valence-corrected chi connectivity index (χ3v) is 5.98. The molecule has 178 valence electrons. The van der Waals surface area contributed by atoms with E-state index in [4.69, 9.17) is 9.47 Å². The Kier molecular flexibility index (Phi) is 8.18. The lowest BCUT2D eigenvalue weighted by atomic mass is 10.1. The highest BCUT2D eigenvalue weighted by molar-refractivity contribution is 5.94. The van der Waals surface area contributed by atoms with Gasteiger partial charge < -0.3 is 14.8 Å². The molecule has 4 heteroatoms. The van der Waals surface area contributed by atoms with Crippen molar-refractivity contribution in [3.63, 3.8) is 0 Å². The summed E-state index contributed by atoms with van der Waals surface area (Å²) in [5.41, 5.74) is 4.99. The number of hydrogen-bond donors (Lipinski definition) is 1. The minimum absolute atomic E-state index is 0.0626. The zero-order chi connectivity index (χ0) is 24.5.